The standard InChI is InChI=1S/C14H9Br2FN2OS/c15-10-3-2-8(17)6-9(10)14(20)19-12-4-1-7(13(18)21)5-11(12)16/h1-6H,(H2,18,21)(H,19,20). The van der Waals surface area contributed by atoms with Gasteiger partial charge in [-0.2, -0.15) is 0 Å². The molecule has 2 rings (SSSR count). The Bertz CT molecular complexity index is 737. The zero-order chi connectivity index (χ0) is 15.6. The minimum atomic E-state index is -0.480. The summed E-state index contributed by atoms with van der Waals surface area (Å²) in [6.45, 7) is 0. The number of hydrogen-bond acceptors (Lipinski definition) is 2. The average Bonchev–Trinajstić information content (AvgIpc) is 2.43. The third-order valence-corrected chi connectivity index (χ3v) is 4.26. The maximum absolute atomic E-state index is 13.2. The van der Waals surface area contributed by atoms with E-state index in [0.29, 0.717) is 20.2 Å². The lowest BCUT2D eigenvalue weighted by Crippen LogP contribution is -2.14. The van der Waals surface area contributed by atoms with E-state index in [4.69, 9.17) is 18.0 Å². The fraction of sp³-hybridized carbons (Fsp3) is 0. The monoisotopic (exact) mass is 430 g/mol. The summed E-state index contributed by atoms with van der Waals surface area (Å²) < 4.78 is 14.4. The molecule has 108 valence electrons. The van der Waals surface area contributed by atoms with E-state index >= 15 is 0 Å². The third kappa shape index (κ3) is 3.87. The maximum atomic E-state index is 13.2. The first-order valence-electron chi connectivity index (χ1n) is 5.74. The van der Waals surface area contributed by atoms with Gasteiger partial charge in [-0.05, 0) is 68.3 Å². The Labute approximate surface area is 143 Å². The lowest BCUT2D eigenvalue weighted by Gasteiger charge is -2.10. The second-order valence-electron chi connectivity index (χ2n) is 4.14. The molecular weight excluding hydrogens is 423 g/mol. The van der Waals surface area contributed by atoms with Crippen LogP contribution in [0.5, 0.6) is 0 Å². The molecule has 0 radical (unpaired) electrons. The largest absolute Gasteiger partial charge is 0.389 e. The van der Waals surface area contributed by atoms with Crippen LogP contribution in [0, 0.1) is 5.82 Å². The van der Waals surface area contributed by atoms with Crippen molar-refractivity contribution < 1.29 is 9.18 Å². The molecule has 0 bridgehead atoms. The summed E-state index contributed by atoms with van der Waals surface area (Å²) in [5.41, 5.74) is 6.97. The van der Waals surface area contributed by atoms with Crippen molar-refractivity contribution in [2.45, 2.75) is 0 Å². The molecule has 0 spiro atoms. The SMILES string of the molecule is NC(=S)c1ccc(NC(=O)c2cc(F)ccc2Br)c(Br)c1. The molecule has 2 aromatic carbocycles. The van der Waals surface area contributed by atoms with E-state index in [-0.39, 0.29) is 10.6 Å². The van der Waals surface area contributed by atoms with Crippen LogP contribution >= 0.6 is 44.1 Å². The molecule has 2 aromatic rings. The lowest BCUT2D eigenvalue weighted by molar-refractivity contribution is 0.102. The number of rotatable bonds is 3. The number of anilines is 1. The van der Waals surface area contributed by atoms with E-state index in [2.05, 4.69) is 37.2 Å². The van der Waals surface area contributed by atoms with Gasteiger partial charge in [0.05, 0.1) is 11.3 Å². The van der Waals surface area contributed by atoms with Crippen LogP contribution in [0.2, 0.25) is 0 Å². The Morgan fingerprint density at radius 3 is 2.48 bits per heavy atom. The molecule has 3 nitrogen and oxygen atoms in total. The van der Waals surface area contributed by atoms with Crippen molar-refractivity contribution in [3.05, 3.63) is 62.3 Å². The summed E-state index contributed by atoms with van der Waals surface area (Å²) in [6, 6.07) is 8.99. The van der Waals surface area contributed by atoms with E-state index in [1.807, 2.05) is 0 Å². The predicted molar refractivity (Wildman–Crippen MR) is 92.1 cm³/mol. The minimum Gasteiger partial charge on any atom is -0.389 e. The summed E-state index contributed by atoms with van der Waals surface area (Å²) in [6.07, 6.45) is 0. The molecule has 21 heavy (non-hydrogen) atoms. The van der Waals surface area contributed by atoms with Crippen LogP contribution in [0.3, 0.4) is 0 Å². The number of carbonyl (C=O) groups is 1. The van der Waals surface area contributed by atoms with Crippen LogP contribution in [0.15, 0.2) is 45.3 Å². The van der Waals surface area contributed by atoms with Gasteiger partial charge in [-0.3, -0.25) is 4.79 Å². The number of thiocarbonyl (C=S) groups is 1. The van der Waals surface area contributed by atoms with Gasteiger partial charge in [0, 0.05) is 14.5 Å². The second kappa shape index (κ2) is 6.64. The number of halogens is 3. The molecule has 0 atom stereocenters. The van der Waals surface area contributed by atoms with Gasteiger partial charge in [0.1, 0.15) is 10.8 Å². The van der Waals surface area contributed by atoms with Crippen LogP contribution in [-0.4, -0.2) is 10.9 Å². The Balaban J connectivity index is 2.27. The van der Waals surface area contributed by atoms with Gasteiger partial charge < -0.3 is 11.1 Å². The summed E-state index contributed by atoms with van der Waals surface area (Å²) in [4.78, 5) is 12.4. The maximum Gasteiger partial charge on any atom is 0.256 e. The highest BCUT2D eigenvalue weighted by Crippen LogP contribution is 2.25. The molecule has 0 aliphatic heterocycles. The van der Waals surface area contributed by atoms with Crippen LogP contribution in [0.25, 0.3) is 0 Å². The molecule has 0 unspecified atom stereocenters. The summed E-state index contributed by atoms with van der Waals surface area (Å²) in [5.74, 6) is -0.906. The van der Waals surface area contributed by atoms with Crippen molar-refractivity contribution in [2.75, 3.05) is 5.32 Å². The zero-order valence-electron chi connectivity index (χ0n) is 10.5. The number of carbonyl (C=O) groups excluding carboxylic acids is 1. The van der Waals surface area contributed by atoms with Crippen molar-refractivity contribution in [1.29, 1.82) is 0 Å². The average molecular weight is 432 g/mol. The van der Waals surface area contributed by atoms with Crippen molar-refractivity contribution in [1.82, 2.24) is 0 Å². The topological polar surface area (TPSA) is 55.1 Å². The van der Waals surface area contributed by atoms with Gasteiger partial charge in [-0.15, -0.1) is 0 Å². The van der Waals surface area contributed by atoms with Gasteiger partial charge in [0.15, 0.2) is 0 Å². The molecular formula is C14H9Br2FN2OS. The van der Waals surface area contributed by atoms with Crippen molar-refractivity contribution in [3.8, 4) is 0 Å². The Morgan fingerprint density at radius 2 is 1.86 bits per heavy atom. The fourth-order valence-electron chi connectivity index (χ4n) is 1.63. The Kier molecular flexibility index (Phi) is 5.08. The number of amides is 1. The first-order valence-corrected chi connectivity index (χ1v) is 7.73. The fourth-order valence-corrected chi connectivity index (χ4v) is 2.66. The quantitative estimate of drug-likeness (QED) is 0.714. The smallest absolute Gasteiger partial charge is 0.256 e. The van der Waals surface area contributed by atoms with Crippen LogP contribution in [-0.2, 0) is 0 Å². The number of nitrogens with two attached hydrogens (primary N) is 1. The number of benzene rings is 2. The highest BCUT2D eigenvalue weighted by molar-refractivity contribution is 9.11. The molecule has 0 aliphatic carbocycles. The highest BCUT2D eigenvalue weighted by Gasteiger charge is 2.13. The summed E-state index contributed by atoms with van der Waals surface area (Å²) in [7, 11) is 0. The number of hydrogen-bond donors (Lipinski definition) is 2. The third-order valence-electron chi connectivity index (χ3n) is 2.67. The van der Waals surface area contributed by atoms with E-state index in [9.17, 15) is 9.18 Å². The lowest BCUT2D eigenvalue weighted by atomic mass is 10.1. The molecule has 1 amide bonds. The molecule has 0 fully saturated rings. The van der Waals surface area contributed by atoms with Gasteiger partial charge in [0.2, 0.25) is 0 Å². The predicted octanol–water partition coefficient (Wildman–Crippen LogP) is 4.24. The second-order valence-corrected chi connectivity index (χ2v) is 6.29. The van der Waals surface area contributed by atoms with E-state index in [1.165, 1.54) is 12.1 Å². The molecule has 0 aromatic heterocycles. The van der Waals surface area contributed by atoms with E-state index < -0.39 is 11.7 Å². The first kappa shape index (κ1) is 16.1. The van der Waals surface area contributed by atoms with Crippen LogP contribution in [0.1, 0.15) is 15.9 Å². The van der Waals surface area contributed by atoms with Gasteiger partial charge in [-0.25, -0.2) is 4.39 Å². The van der Waals surface area contributed by atoms with Crippen molar-refractivity contribution >= 4 is 60.7 Å². The van der Waals surface area contributed by atoms with Crippen LogP contribution in [0.4, 0.5) is 10.1 Å². The summed E-state index contributed by atoms with van der Waals surface area (Å²) in [5, 5.41) is 2.69. The Hall–Kier alpha value is -1.31. The van der Waals surface area contributed by atoms with E-state index in [0.717, 1.165) is 6.07 Å². The molecule has 3 N–H and O–H groups in total. The summed E-state index contributed by atoms with van der Waals surface area (Å²) >= 11 is 11.4. The van der Waals surface area contributed by atoms with Gasteiger partial charge in [-0.1, -0.05) is 12.2 Å². The molecule has 7 heteroatoms. The number of nitrogens with one attached hydrogen (secondary N) is 1. The molecule has 0 aliphatic rings. The Morgan fingerprint density at radius 1 is 1.14 bits per heavy atom. The van der Waals surface area contributed by atoms with Gasteiger partial charge >= 0.3 is 0 Å². The molecule has 0 heterocycles. The normalized spacial score (nSPS) is 10.2. The van der Waals surface area contributed by atoms with Crippen molar-refractivity contribution in [3.63, 3.8) is 0 Å². The highest BCUT2D eigenvalue weighted by atomic mass is 79.9. The van der Waals surface area contributed by atoms with E-state index in [1.54, 1.807) is 18.2 Å². The van der Waals surface area contributed by atoms with Gasteiger partial charge in [0.25, 0.3) is 5.91 Å². The zero-order valence-corrected chi connectivity index (χ0v) is 14.5. The first-order chi connectivity index (χ1) is 9.88. The van der Waals surface area contributed by atoms with Crippen LogP contribution < -0.4 is 11.1 Å². The van der Waals surface area contributed by atoms with Crippen molar-refractivity contribution in [2.24, 2.45) is 5.73 Å². The molecule has 0 saturated heterocycles. The molecule has 0 saturated carbocycles. The minimum absolute atomic E-state index is 0.209.